The van der Waals surface area contributed by atoms with Crippen molar-refractivity contribution in [1.29, 1.82) is 0 Å². The zero-order valence-electron chi connectivity index (χ0n) is 12.0. The zero-order chi connectivity index (χ0) is 15.1. The summed E-state index contributed by atoms with van der Waals surface area (Å²) in [5.74, 6) is 7.76. The maximum atomic E-state index is 11.1. The van der Waals surface area contributed by atoms with E-state index in [1.165, 1.54) is 0 Å². The number of allylic oxidation sites excluding steroid dienone is 4. The van der Waals surface area contributed by atoms with Crippen molar-refractivity contribution >= 4 is 5.97 Å². The molecular formula is C17H22O3. The number of aliphatic hydroxyl groups is 1. The average Bonchev–Trinajstić information content (AvgIpc) is 2.42. The number of terminal acetylenes is 1. The van der Waals surface area contributed by atoms with E-state index in [4.69, 9.17) is 11.2 Å². The van der Waals surface area contributed by atoms with Gasteiger partial charge >= 0.3 is 5.97 Å². The first-order valence-electron chi connectivity index (χ1n) is 6.80. The van der Waals surface area contributed by atoms with Crippen LogP contribution in [0.25, 0.3) is 0 Å². The van der Waals surface area contributed by atoms with E-state index in [0.717, 1.165) is 12.8 Å². The highest BCUT2D eigenvalue weighted by Crippen LogP contribution is 2.01. The van der Waals surface area contributed by atoms with Gasteiger partial charge in [-0.15, -0.1) is 12.3 Å². The molecular weight excluding hydrogens is 252 g/mol. The largest absolute Gasteiger partial charge is 0.466 e. The molecule has 3 heteroatoms. The predicted molar refractivity (Wildman–Crippen MR) is 80.6 cm³/mol. The van der Waals surface area contributed by atoms with Gasteiger partial charge in [0.1, 0.15) is 6.10 Å². The van der Waals surface area contributed by atoms with Crippen LogP contribution in [0, 0.1) is 24.2 Å². The molecule has 0 bridgehead atoms. The highest BCUT2D eigenvalue weighted by Gasteiger charge is 2.04. The second-order valence-electron chi connectivity index (χ2n) is 4.03. The van der Waals surface area contributed by atoms with Crippen molar-refractivity contribution < 1.29 is 14.6 Å². The average molecular weight is 274 g/mol. The van der Waals surface area contributed by atoms with Gasteiger partial charge in [0.2, 0.25) is 0 Å². The van der Waals surface area contributed by atoms with E-state index in [0.29, 0.717) is 25.9 Å². The van der Waals surface area contributed by atoms with Gasteiger partial charge in [-0.2, -0.15) is 0 Å². The van der Waals surface area contributed by atoms with Crippen LogP contribution in [0.4, 0.5) is 0 Å². The minimum atomic E-state index is -0.709. The van der Waals surface area contributed by atoms with E-state index in [1.54, 1.807) is 19.1 Å². The minimum Gasteiger partial charge on any atom is -0.466 e. The third-order valence-electron chi connectivity index (χ3n) is 2.30. The fraction of sp³-hybridized carbons (Fsp3) is 0.471. The molecule has 0 rings (SSSR count). The Morgan fingerprint density at radius 2 is 2.25 bits per heavy atom. The Kier molecular flexibility index (Phi) is 12.1. The Labute approximate surface area is 121 Å². The van der Waals surface area contributed by atoms with Gasteiger partial charge in [-0.05, 0) is 32.3 Å². The maximum absolute atomic E-state index is 11.1. The summed E-state index contributed by atoms with van der Waals surface area (Å²) in [4.78, 5) is 11.1. The van der Waals surface area contributed by atoms with E-state index in [2.05, 4.69) is 17.8 Å². The molecule has 0 amide bonds. The predicted octanol–water partition coefficient (Wildman–Crippen LogP) is 2.61. The molecule has 0 radical (unpaired) electrons. The minimum absolute atomic E-state index is 0.232. The second kappa shape index (κ2) is 13.5. The Morgan fingerprint density at radius 3 is 2.95 bits per heavy atom. The molecule has 1 atom stereocenters. The van der Waals surface area contributed by atoms with Crippen molar-refractivity contribution in [3.63, 3.8) is 0 Å². The van der Waals surface area contributed by atoms with Crippen LogP contribution in [-0.2, 0) is 9.53 Å². The van der Waals surface area contributed by atoms with Gasteiger partial charge in [-0.3, -0.25) is 4.79 Å². The van der Waals surface area contributed by atoms with E-state index >= 15 is 0 Å². The van der Waals surface area contributed by atoms with Crippen molar-refractivity contribution in [3.8, 4) is 24.2 Å². The Hall–Kier alpha value is -1.97. The lowest BCUT2D eigenvalue weighted by molar-refractivity contribution is -0.143. The summed E-state index contributed by atoms with van der Waals surface area (Å²) in [6, 6.07) is 0. The number of hydrogen-bond acceptors (Lipinski definition) is 3. The molecule has 0 aromatic rings. The van der Waals surface area contributed by atoms with Gasteiger partial charge in [-0.1, -0.05) is 30.1 Å². The standard InChI is InChI=1S/C17H22O3/c1-3-5-6-7-8-9-10-11-13-16(18)14-12-15-17(19)20-4-2/h1,7-10,16,18H,4-6,12,14-15H2,2H3/t16-/m1/s1. The van der Waals surface area contributed by atoms with E-state index in [9.17, 15) is 9.90 Å². The first kappa shape index (κ1) is 18.0. The van der Waals surface area contributed by atoms with Gasteiger partial charge in [-0.25, -0.2) is 0 Å². The first-order valence-corrected chi connectivity index (χ1v) is 6.80. The number of ether oxygens (including phenoxy) is 1. The monoisotopic (exact) mass is 274 g/mol. The van der Waals surface area contributed by atoms with Crippen molar-refractivity contribution in [2.75, 3.05) is 6.61 Å². The van der Waals surface area contributed by atoms with Crippen molar-refractivity contribution in [3.05, 3.63) is 24.3 Å². The Bertz CT molecular complexity index is 416. The van der Waals surface area contributed by atoms with Crippen LogP contribution in [-0.4, -0.2) is 23.8 Å². The molecule has 0 saturated heterocycles. The molecule has 0 aromatic heterocycles. The first-order chi connectivity index (χ1) is 9.70. The highest BCUT2D eigenvalue weighted by atomic mass is 16.5. The Balaban J connectivity index is 3.76. The summed E-state index contributed by atoms with van der Waals surface area (Å²) in [6.07, 6.45) is 14.7. The van der Waals surface area contributed by atoms with E-state index in [1.807, 2.05) is 12.2 Å². The number of esters is 1. The topological polar surface area (TPSA) is 46.5 Å². The number of hydrogen-bond donors (Lipinski definition) is 1. The van der Waals surface area contributed by atoms with Crippen molar-refractivity contribution in [2.45, 2.75) is 45.1 Å². The number of carbonyl (C=O) groups excluding carboxylic acids is 1. The van der Waals surface area contributed by atoms with Gasteiger partial charge in [0.15, 0.2) is 0 Å². The molecule has 20 heavy (non-hydrogen) atoms. The number of carbonyl (C=O) groups is 1. The summed E-state index contributed by atoms with van der Waals surface area (Å²) in [5.41, 5.74) is 0. The van der Waals surface area contributed by atoms with Crippen molar-refractivity contribution in [1.82, 2.24) is 0 Å². The molecule has 0 aromatic carbocycles. The van der Waals surface area contributed by atoms with Crippen LogP contribution in [0.2, 0.25) is 0 Å². The molecule has 108 valence electrons. The van der Waals surface area contributed by atoms with E-state index < -0.39 is 6.10 Å². The molecule has 0 aliphatic heterocycles. The van der Waals surface area contributed by atoms with Crippen LogP contribution in [0.15, 0.2) is 24.3 Å². The van der Waals surface area contributed by atoms with Crippen LogP contribution < -0.4 is 0 Å². The van der Waals surface area contributed by atoms with Crippen LogP contribution in [0.3, 0.4) is 0 Å². The molecule has 0 unspecified atom stereocenters. The fourth-order valence-corrected chi connectivity index (χ4v) is 1.33. The van der Waals surface area contributed by atoms with Crippen LogP contribution >= 0.6 is 0 Å². The highest BCUT2D eigenvalue weighted by molar-refractivity contribution is 5.69. The molecule has 0 heterocycles. The van der Waals surface area contributed by atoms with E-state index in [-0.39, 0.29) is 5.97 Å². The number of unbranched alkanes of at least 4 members (excludes halogenated alkanes) is 1. The summed E-state index contributed by atoms with van der Waals surface area (Å²) in [7, 11) is 0. The second-order valence-corrected chi connectivity index (χ2v) is 4.03. The molecule has 0 aliphatic carbocycles. The molecule has 3 nitrogen and oxygen atoms in total. The van der Waals surface area contributed by atoms with Crippen molar-refractivity contribution in [2.24, 2.45) is 0 Å². The SMILES string of the molecule is C#CCCC=CC=CC#C[C@@H](O)CCCC(=O)OCC. The van der Waals surface area contributed by atoms with Crippen LogP contribution in [0.1, 0.15) is 39.0 Å². The molecule has 1 N–H and O–H groups in total. The normalized spacial score (nSPS) is 11.8. The Morgan fingerprint density at radius 1 is 1.45 bits per heavy atom. The lowest BCUT2D eigenvalue weighted by Gasteiger charge is -2.03. The molecule has 0 aliphatic rings. The fourth-order valence-electron chi connectivity index (χ4n) is 1.33. The quantitative estimate of drug-likeness (QED) is 0.320. The summed E-state index contributed by atoms with van der Waals surface area (Å²) < 4.78 is 4.79. The lowest BCUT2D eigenvalue weighted by Crippen LogP contribution is -2.07. The van der Waals surface area contributed by atoms with Gasteiger partial charge in [0.05, 0.1) is 6.61 Å². The van der Waals surface area contributed by atoms with Gasteiger partial charge < -0.3 is 9.84 Å². The van der Waals surface area contributed by atoms with Gasteiger partial charge in [0, 0.05) is 12.8 Å². The zero-order valence-corrected chi connectivity index (χ0v) is 12.0. The molecule has 0 saturated carbocycles. The third kappa shape index (κ3) is 12.5. The molecule has 0 spiro atoms. The van der Waals surface area contributed by atoms with Crippen LogP contribution in [0.5, 0.6) is 0 Å². The lowest BCUT2D eigenvalue weighted by atomic mass is 10.1. The number of rotatable bonds is 8. The summed E-state index contributed by atoms with van der Waals surface area (Å²) in [6.45, 7) is 2.16. The van der Waals surface area contributed by atoms with Gasteiger partial charge in [0.25, 0.3) is 0 Å². The number of aliphatic hydroxyl groups excluding tert-OH is 1. The summed E-state index contributed by atoms with van der Waals surface area (Å²) >= 11 is 0. The summed E-state index contributed by atoms with van der Waals surface area (Å²) in [5, 5.41) is 9.56. The smallest absolute Gasteiger partial charge is 0.305 e. The maximum Gasteiger partial charge on any atom is 0.305 e. The third-order valence-corrected chi connectivity index (χ3v) is 2.30. The molecule has 0 fully saturated rings.